The smallest absolute Gasteiger partial charge is 0.177 e. The van der Waals surface area contributed by atoms with E-state index in [-0.39, 0.29) is 21.3 Å². The van der Waals surface area contributed by atoms with E-state index >= 15 is 0 Å². The van der Waals surface area contributed by atoms with Crippen LogP contribution in [0.2, 0.25) is 10.0 Å². The molecule has 4 aromatic rings. The molecule has 0 spiro atoms. The molecule has 1 fully saturated rings. The summed E-state index contributed by atoms with van der Waals surface area (Å²) in [5.74, 6) is 0.247. The highest BCUT2D eigenvalue weighted by Crippen LogP contribution is 2.35. The zero-order valence-electron chi connectivity index (χ0n) is 20.0. The second-order valence-electron chi connectivity index (χ2n) is 9.58. The topological polar surface area (TPSA) is 105 Å². The van der Waals surface area contributed by atoms with E-state index in [1.807, 2.05) is 12.1 Å². The fraction of sp³-hybridized carbons (Fsp3) is 0.320. The first-order chi connectivity index (χ1) is 17.1. The SMILES string of the molecule is CC(C)NC1(C)CN(c2ccc(-c3n[nH]c4cc(F)c(O[C@H](N)c5c(Cl)cncc5Cl)cc34)cn2)C1. The lowest BCUT2D eigenvalue weighted by Gasteiger charge is -2.50. The Morgan fingerprint density at radius 2 is 1.89 bits per heavy atom. The number of rotatable bonds is 7. The highest BCUT2D eigenvalue weighted by atomic mass is 35.5. The summed E-state index contributed by atoms with van der Waals surface area (Å²) in [6, 6.07) is 7.21. The number of nitrogens with zero attached hydrogens (tertiary/aromatic N) is 4. The fourth-order valence-corrected chi connectivity index (χ4v) is 5.26. The van der Waals surface area contributed by atoms with E-state index in [4.69, 9.17) is 33.7 Å². The summed E-state index contributed by atoms with van der Waals surface area (Å²) in [7, 11) is 0. The first-order valence-corrected chi connectivity index (χ1v) is 12.3. The van der Waals surface area contributed by atoms with Gasteiger partial charge in [0.1, 0.15) is 11.5 Å². The number of aromatic nitrogens is 4. The second-order valence-corrected chi connectivity index (χ2v) is 10.4. The summed E-state index contributed by atoms with van der Waals surface area (Å²) in [5.41, 5.74) is 8.48. The van der Waals surface area contributed by atoms with Gasteiger partial charge in [-0.05, 0) is 25.1 Å². The molecule has 36 heavy (non-hydrogen) atoms. The van der Waals surface area contributed by atoms with Gasteiger partial charge in [-0.3, -0.25) is 15.8 Å². The monoisotopic (exact) mass is 529 g/mol. The first-order valence-electron chi connectivity index (χ1n) is 11.5. The summed E-state index contributed by atoms with van der Waals surface area (Å²) in [4.78, 5) is 10.8. The number of pyridine rings is 2. The molecule has 5 rings (SSSR count). The minimum absolute atomic E-state index is 0.0521. The normalized spacial score (nSPS) is 15.8. The Balaban J connectivity index is 1.38. The minimum atomic E-state index is -1.09. The van der Waals surface area contributed by atoms with Crippen LogP contribution >= 0.6 is 23.2 Å². The van der Waals surface area contributed by atoms with Crippen LogP contribution < -0.4 is 20.7 Å². The first kappa shape index (κ1) is 24.7. The van der Waals surface area contributed by atoms with Crippen molar-refractivity contribution in [1.82, 2.24) is 25.5 Å². The third kappa shape index (κ3) is 4.71. The molecular formula is C25H26Cl2FN7O. The molecule has 1 atom stereocenters. The van der Waals surface area contributed by atoms with Crippen molar-refractivity contribution in [1.29, 1.82) is 0 Å². The molecule has 1 saturated heterocycles. The van der Waals surface area contributed by atoms with Crippen LogP contribution in [0.15, 0.2) is 42.9 Å². The maximum Gasteiger partial charge on any atom is 0.177 e. The van der Waals surface area contributed by atoms with Gasteiger partial charge in [-0.15, -0.1) is 0 Å². The molecule has 0 amide bonds. The van der Waals surface area contributed by atoms with Crippen molar-refractivity contribution in [3.63, 3.8) is 0 Å². The molecule has 0 saturated carbocycles. The summed E-state index contributed by atoms with van der Waals surface area (Å²) < 4.78 is 20.5. The molecule has 0 bridgehead atoms. The van der Waals surface area contributed by atoms with Crippen LogP contribution in [-0.2, 0) is 0 Å². The maximum atomic E-state index is 14.8. The zero-order valence-corrected chi connectivity index (χ0v) is 21.5. The molecule has 1 aromatic carbocycles. The molecule has 4 N–H and O–H groups in total. The third-order valence-electron chi connectivity index (χ3n) is 6.11. The lowest BCUT2D eigenvalue weighted by Crippen LogP contribution is -2.69. The number of nitrogens with one attached hydrogen (secondary N) is 2. The van der Waals surface area contributed by atoms with E-state index in [9.17, 15) is 4.39 Å². The Labute approximate surface area is 218 Å². The van der Waals surface area contributed by atoms with Crippen LogP contribution in [0.3, 0.4) is 0 Å². The molecule has 11 heteroatoms. The summed E-state index contributed by atoms with van der Waals surface area (Å²) >= 11 is 12.3. The molecule has 1 aliphatic heterocycles. The van der Waals surface area contributed by atoms with Crippen LogP contribution in [-0.4, -0.2) is 44.8 Å². The van der Waals surface area contributed by atoms with Gasteiger partial charge in [-0.25, -0.2) is 9.37 Å². The quantitative estimate of drug-likeness (QED) is 0.286. The number of H-pyrrole nitrogens is 1. The van der Waals surface area contributed by atoms with Gasteiger partial charge in [0.05, 0.1) is 21.1 Å². The van der Waals surface area contributed by atoms with Gasteiger partial charge in [0, 0.05) is 60.3 Å². The zero-order chi connectivity index (χ0) is 25.6. The number of hydrogen-bond acceptors (Lipinski definition) is 7. The van der Waals surface area contributed by atoms with Crippen LogP contribution in [0, 0.1) is 5.82 Å². The Morgan fingerprint density at radius 3 is 2.53 bits per heavy atom. The molecule has 8 nitrogen and oxygen atoms in total. The van der Waals surface area contributed by atoms with Gasteiger partial charge in [0.2, 0.25) is 0 Å². The number of aromatic amines is 1. The van der Waals surface area contributed by atoms with E-state index < -0.39 is 12.0 Å². The van der Waals surface area contributed by atoms with Gasteiger partial charge in [0.15, 0.2) is 17.8 Å². The predicted octanol–water partition coefficient (Wildman–Crippen LogP) is 5.08. The summed E-state index contributed by atoms with van der Waals surface area (Å²) in [5, 5.41) is 12.0. The van der Waals surface area contributed by atoms with Gasteiger partial charge in [-0.2, -0.15) is 5.10 Å². The maximum absolute atomic E-state index is 14.8. The van der Waals surface area contributed by atoms with E-state index in [1.54, 1.807) is 12.3 Å². The molecule has 188 valence electrons. The highest BCUT2D eigenvalue weighted by molar-refractivity contribution is 6.35. The van der Waals surface area contributed by atoms with E-state index in [1.165, 1.54) is 18.5 Å². The van der Waals surface area contributed by atoms with Crippen LogP contribution in [0.25, 0.3) is 22.2 Å². The van der Waals surface area contributed by atoms with Crippen molar-refractivity contribution >= 4 is 39.9 Å². The lowest BCUT2D eigenvalue weighted by molar-refractivity contribution is 0.205. The molecule has 3 aromatic heterocycles. The third-order valence-corrected chi connectivity index (χ3v) is 6.71. The van der Waals surface area contributed by atoms with Crippen LogP contribution in [0.1, 0.15) is 32.6 Å². The van der Waals surface area contributed by atoms with Crippen LogP contribution in [0.5, 0.6) is 5.75 Å². The van der Waals surface area contributed by atoms with Gasteiger partial charge in [0.25, 0.3) is 0 Å². The molecule has 0 radical (unpaired) electrons. The minimum Gasteiger partial charge on any atom is -0.468 e. The largest absolute Gasteiger partial charge is 0.468 e. The number of hydrogen-bond donors (Lipinski definition) is 3. The number of halogens is 3. The number of ether oxygens (including phenoxy) is 1. The Kier molecular flexibility index (Phi) is 6.50. The molecule has 4 heterocycles. The van der Waals surface area contributed by atoms with E-state index in [2.05, 4.69) is 51.2 Å². The molecular weight excluding hydrogens is 504 g/mol. The standard InChI is InChI=1S/C25H26Cl2FN7O/c1-13(2)32-25(3)11-35(12-25)21-5-4-14(8-31-21)23-15-6-20(18(28)7-19(15)33-34-23)36-24(29)22-16(26)9-30-10-17(22)27/h4-10,13,24,32H,11-12,29H2,1-3H3,(H,33,34)/t24-/m0/s1. The fourth-order valence-electron chi connectivity index (χ4n) is 4.68. The van der Waals surface area contributed by atoms with Gasteiger partial charge < -0.3 is 15.0 Å². The van der Waals surface area contributed by atoms with Crippen molar-refractivity contribution in [3.8, 4) is 17.0 Å². The van der Waals surface area contributed by atoms with Gasteiger partial charge >= 0.3 is 0 Å². The average molecular weight is 530 g/mol. The molecule has 0 aliphatic carbocycles. The van der Waals surface area contributed by atoms with Crippen LogP contribution in [0.4, 0.5) is 10.2 Å². The molecule has 0 unspecified atom stereocenters. The summed E-state index contributed by atoms with van der Waals surface area (Å²) in [6.07, 6.45) is 3.47. The second kappa shape index (κ2) is 9.48. The van der Waals surface area contributed by atoms with Crippen molar-refractivity contribution in [3.05, 3.63) is 64.3 Å². The van der Waals surface area contributed by atoms with E-state index in [0.29, 0.717) is 28.2 Å². The molecule has 1 aliphatic rings. The Morgan fingerprint density at radius 1 is 1.17 bits per heavy atom. The van der Waals surface area contributed by atoms with Crippen molar-refractivity contribution < 1.29 is 9.13 Å². The number of benzene rings is 1. The van der Waals surface area contributed by atoms with Gasteiger partial charge in [-0.1, -0.05) is 37.0 Å². The number of nitrogens with two attached hydrogens (primary N) is 1. The Hall–Kier alpha value is -2.98. The number of anilines is 1. The van der Waals surface area contributed by atoms with Crippen molar-refractivity contribution in [2.75, 3.05) is 18.0 Å². The van der Waals surface area contributed by atoms with E-state index in [0.717, 1.165) is 24.5 Å². The predicted molar refractivity (Wildman–Crippen MR) is 140 cm³/mol. The average Bonchev–Trinajstić information content (AvgIpc) is 3.19. The number of fused-ring (bicyclic) bond motifs is 1. The Bertz CT molecular complexity index is 1380. The lowest BCUT2D eigenvalue weighted by atomic mass is 9.91. The highest BCUT2D eigenvalue weighted by Gasteiger charge is 2.39. The van der Waals surface area contributed by atoms with Crippen molar-refractivity contribution in [2.45, 2.75) is 38.6 Å². The van der Waals surface area contributed by atoms with Crippen molar-refractivity contribution in [2.24, 2.45) is 5.73 Å². The summed E-state index contributed by atoms with van der Waals surface area (Å²) in [6.45, 7) is 8.28.